The fourth-order valence-corrected chi connectivity index (χ4v) is 3.74. The average Bonchev–Trinajstić information content (AvgIpc) is 1.93. The van der Waals surface area contributed by atoms with Crippen LogP contribution in [-0.2, 0) is 0 Å². The Labute approximate surface area is 97.7 Å². The second-order valence-corrected chi connectivity index (χ2v) is 22.4. The van der Waals surface area contributed by atoms with E-state index in [1.165, 1.54) is 44.7 Å². The van der Waals surface area contributed by atoms with E-state index < -0.39 is 4.25 Å². The summed E-state index contributed by atoms with van der Waals surface area (Å²) in [5.74, 6) is 0. The molecule has 82 valence electrons. The molecule has 0 saturated heterocycles. The van der Waals surface area contributed by atoms with Gasteiger partial charge >= 0.3 is 97.9 Å². The summed E-state index contributed by atoms with van der Waals surface area (Å²) in [5, 5.41) is 0. The molecule has 0 fully saturated rings. The molecule has 0 radical (unpaired) electrons. The molecule has 0 bridgehead atoms. The van der Waals surface area contributed by atoms with E-state index in [1.807, 2.05) is 0 Å². The number of hydrogen-bond donors (Lipinski definition) is 0. The van der Waals surface area contributed by atoms with Crippen molar-refractivity contribution >= 4 is 26.3 Å². The Kier molecular flexibility index (Phi) is 6.43. The molecule has 0 amide bonds. The van der Waals surface area contributed by atoms with Gasteiger partial charge in [-0.3, -0.25) is 0 Å². The van der Waals surface area contributed by atoms with Crippen molar-refractivity contribution in [2.45, 2.75) is 45.4 Å². The molecule has 0 aromatic rings. The standard InChI is InChI=1S/C11H26IP/c1-5-6-7-8-9-10-11-13(2,3,4)12/h5-11H2,1-4H3. The third kappa shape index (κ3) is 13.2. The second-order valence-electron chi connectivity index (χ2n) is 5.41. The Morgan fingerprint density at radius 2 is 1.31 bits per heavy atom. The Hall–Kier alpha value is 1.16. The molecule has 0 N–H and O–H groups in total. The van der Waals surface area contributed by atoms with E-state index in [2.05, 4.69) is 49.0 Å². The van der Waals surface area contributed by atoms with Gasteiger partial charge in [0, 0.05) is 0 Å². The fraction of sp³-hybridized carbons (Fsp3) is 1.00. The number of unbranched alkanes of at least 4 members (excludes halogenated alkanes) is 5. The fourth-order valence-electron chi connectivity index (χ4n) is 1.43. The Bertz CT molecular complexity index is 126. The van der Waals surface area contributed by atoms with Crippen LogP contribution >= 0.6 is 26.3 Å². The van der Waals surface area contributed by atoms with E-state index >= 15 is 0 Å². The van der Waals surface area contributed by atoms with Crippen LogP contribution in [0.4, 0.5) is 0 Å². The third-order valence-corrected chi connectivity index (χ3v) is 5.54. The average molecular weight is 316 g/mol. The topological polar surface area (TPSA) is 0 Å². The second kappa shape index (κ2) is 5.90. The van der Waals surface area contributed by atoms with E-state index in [1.54, 1.807) is 0 Å². The molecule has 0 nitrogen and oxygen atoms in total. The van der Waals surface area contributed by atoms with E-state index in [-0.39, 0.29) is 0 Å². The van der Waals surface area contributed by atoms with Crippen LogP contribution in [0, 0.1) is 0 Å². The zero-order chi connectivity index (χ0) is 10.4. The number of hydrogen-bond acceptors (Lipinski definition) is 0. The van der Waals surface area contributed by atoms with Crippen molar-refractivity contribution in [1.82, 2.24) is 0 Å². The molecule has 0 aromatic carbocycles. The molecular weight excluding hydrogens is 290 g/mol. The van der Waals surface area contributed by atoms with Crippen LogP contribution in [0.3, 0.4) is 0 Å². The Morgan fingerprint density at radius 1 is 0.846 bits per heavy atom. The van der Waals surface area contributed by atoms with Crippen molar-refractivity contribution in [3.8, 4) is 0 Å². The first-order valence-corrected chi connectivity index (χ1v) is 12.1. The van der Waals surface area contributed by atoms with Gasteiger partial charge in [-0.25, -0.2) is 0 Å². The maximum absolute atomic E-state index is 2.71. The van der Waals surface area contributed by atoms with Gasteiger partial charge < -0.3 is 0 Å². The van der Waals surface area contributed by atoms with Crippen molar-refractivity contribution in [3.05, 3.63) is 0 Å². The zero-order valence-corrected chi connectivity index (χ0v) is 12.8. The first-order valence-electron chi connectivity index (χ1n) is 5.53. The summed E-state index contributed by atoms with van der Waals surface area (Å²) < 4.78 is -1.21. The van der Waals surface area contributed by atoms with Crippen LogP contribution in [0.2, 0.25) is 0 Å². The van der Waals surface area contributed by atoms with E-state index in [9.17, 15) is 0 Å². The van der Waals surface area contributed by atoms with Crippen LogP contribution in [-0.4, -0.2) is 26.2 Å². The van der Waals surface area contributed by atoms with E-state index in [0.717, 1.165) is 0 Å². The molecule has 0 spiro atoms. The predicted octanol–water partition coefficient (Wildman–Crippen LogP) is 5.14. The molecule has 0 aliphatic carbocycles. The first kappa shape index (κ1) is 14.2. The SMILES string of the molecule is CCCCCCCCP(C)(C)(C)I. The Morgan fingerprint density at radius 3 is 1.77 bits per heavy atom. The van der Waals surface area contributed by atoms with Crippen LogP contribution in [0.1, 0.15) is 45.4 Å². The molecule has 0 saturated carbocycles. The Balaban J connectivity index is 3.27. The molecule has 0 aliphatic heterocycles. The van der Waals surface area contributed by atoms with Gasteiger partial charge in [-0.05, 0) is 0 Å². The molecular formula is C11H26IP. The van der Waals surface area contributed by atoms with Crippen molar-refractivity contribution in [3.63, 3.8) is 0 Å². The molecule has 0 rings (SSSR count). The van der Waals surface area contributed by atoms with Crippen LogP contribution in [0.15, 0.2) is 0 Å². The summed E-state index contributed by atoms with van der Waals surface area (Å²) in [6, 6.07) is 0. The van der Waals surface area contributed by atoms with Gasteiger partial charge in [0.05, 0.1) is 0 Å². The minimum absolute atomic E-state index is 1.21. The van der Waals surface area contributed by atoms with Gasteiger partial charge in [0.15, 0.2) is 0 Å². The van der Waals surface area contributed by atoms with Crippen molar-refractivity contribution in [2.75, 3.05) is 26.2 Å². The molecule has 0 heterocycles. The molecule has 0 unspecified atom stereocenters. The van der Waals surface area contributed by atoms with Crippen molar-refractivity contribution < 1.29 is 0 Å². The quantitative estimate of drug-likeness (QED) is 0.346. The normalized spacial score (nSPS) is 15.3. The monoisotopic (exact) mass is 316 g/mol. The summed E-state index contributed by atoms with van der Waals surface area (Å²) >= 11 is 2.71. The van der Waals surface area contributed by atoms with Gasteiger partial charge in [-0.2, -0.15) is 0 Å². The predicted molar refractivity (Wildman–Crippen MR) is 77.0 cm³/mol. The molecule has 0 atom stereocenters. The summed E-state index contributed by atoms with van der Waals surface area (Å²) in [6.45, 7) is 9.69. The number of rotatable bonds is 7. The molecule has 0 aliphatic rings. The van der Waals surface area contributed by atoms with Gasteiger partial charge in [0.25, 0.3) is 0 Å². The van der Waals surface area contributed by atoms with Crippen LogP contribution in [0.5, 0.6) is 0 Å². The summed E-state index contributed by atoms with van der Waals surface area (Å²) in [7, 11) is 0. The van der Waals surface area contributed by atoms with Crippen molar-refractivity contribution in [2.24, 2.45) is 0 Å². The van der Waals surface area contributed by atoms with Crippen molar-refractivity contribution in [1.29, 1.82) is 0 Å². The van der Waals surface area contributed by atoms with Gasteiger partial charge in [-0.15, -0.1) is 0 Å². The summed E-state index contributed by atoms with van der Waals surface area (Å²) in [6.07, 6.45) is 10.1. The van der Waals surface area contributed by atoms with Crippen LogP contribution in [0.25, 0.3) is 0 Å². The van der Waals surface area contributed by atoms with E-state index in [4.69, 9.17) is 0 Å². The number of halogens is 1. The maximum atomic E-state index is 2.71. The van der Waals surface area contributed by atoms with Crippen LogP contribution < -0.4 is 0 Å². The van der Waals surface area contributed by atoms with Gasteiger partial charge in [0.1, 0.15) is 0 Å². The molecule has 2 heteroatoms. The van der Waals surface area contributed by atoms with Gasteiger partial charge in [-0.1, -0.05) is 0 Å². The van der Waals surface area contributed by atoms with Gasteiger partial charge in [0.2, 0.25) is 0 Å². The van der Waals surface area contributed by atoms with E-state index in [0.29, 0.717) is 0 Å². The summed E-state index contributed by atoms with van der Waals surface area (Å²) in [5.41, 5.74) is 0. The summed E-state index contributed by atoms with van der Waals surface area (Å²) in [4.78, 5) is 0. The third-order valence-electron chi connectivity index (χ3n) is 2.27. The molecule has 13 heavy (non-hydrogen) atoms. The first-order chi connectivity index (χ1) is 5.81. The minimum atomic E-state index is -1.21. The zero-order valence-electron chi connectivity index (χ0n) is 9.77. The molecule has 0 aromatic heterocycles.